The van der Waals surface area contributed by atoms with Crippen molar-refractivity contribution >= 4 is 51.1 Å². The van der Waals surface area contributed by atoms with Crippen molar-refractivity contribution in [2.75, 3.05) is 13.2 Å². The number of benzene rings is 1. The predicted molar refractivity (Wildman–Crippen MR) is 174 cm³/mol. The molecule has 0 N–H and O–H groups in total. The van der Waals surface area contributed by atoms with Gasteiger partial charge < -0.3 is 18.9 Å². The van der Waals surface area contributed by atoms with Crippen LogP contribution < -0.4 is 4.74 Å². The van der Waals surface area contributed by atoms with Crippen molar-refractivity contribution in [1.29, 1.82) is 0 Å². The monoisotopic (exact) mass is 757 g/mol. The van der Waals surface area contributed by atoms with Crippen LogP contribution in [-0.4, -0.2) is 41.3 Å². The van der Waals surface area contributed by atoms with Crippen LogP contribution in [0.4, 0.5) is 0 Å². The number of alkyl halides is 1. The zero-order chi connectivity index (χ0) is 27.0. The van der Waals surface area contributed by atoms with Crippen molar-refractivity contribution in [2.45, 2.75) is 99.2 Å². The zero-order valence-electron chi connectivity index (χ0n) is 22.8. The maximum Gasteiger partial charge on any atom is 0.190 e. The first-order valence-electron chi connectivity index (χ1n) is 14.7. The van der Waals surface area contributed by atoms with Gasteiger partial charge in [0.15, 0.2) is 5.90 Å². The van der Waals surface area contributed by atoms with Crippen LogP contribution in [0.5, 0.6) is 5.75 Å². The maximum atomic E-state index is 6.39. The van der Waals surface area contributed by atoms with Crippen molar-refractivity contribution in [1.82, 2.24) is 0 Å². The Bertz CT molecular complexity index is 1070. The lowest BCUT2D eigenvalue weighted by Crippen LogP contribution is -2.25. The molecule has 212 valence electrons. The Hall–Kier alpha value is -0.910. The fourth-order valence-electron chi connectivity index (χ4n) is 5.67. The van der Waals surface area contributed by atoms with E-state index in [4.69, 9.17) is 23.9 Å². The molecule has 0 spiro atoms. The van der Waals surface area contributed by atoms with E-state index in [0.29, 0.717) is 25.0 Å². The van der Waals surface area contributed by atoms with Gasteiger partial charge in [-0.1, -0.05) is 79.8 Å². The molecule has 1 saturated heterocycles. The van der Waals surface area contributed by atoms with E-state index in [1.165, 1.54) is 69.8 Å². The fourth-order valence-corrected chi connectivity index (χ4v) is 7.16. The molecule has 2 saturated carbocycles. The number of halogens is 2. The van der Waals surface area contributed by atoms with Gasteiger partial charge in [0.1, 0.15) is 23.4 Å². The van der Waals surface area contributed by atoms with Crippen molar-refractivity contribution in [3.63, 3.8) is 0 Å². The van der Waals surface area contributed by atoms with Gasteiger partial charge in [-0.05, 0) is 84.0 Å². The van der Waals surface area contributed by atoms with Crippen LogP contribution in [0.1, 0.15) is 76.2 Å². The first kappa shape index (κ1) is 29.6. The average molecular weight is 757 g/mol. The summed E-state index contributed by atoms with van der Waals surface area (Å²) in [5.41, 5.74) is 1.17. The quantitative estimate of drug-likeness (QED) is 0.0568. The van der Waals surface area contributed by atoms with Gasteiger partial charge in [0.05, 0.1) is 32.9 Å². The summed E-state index contributed by atoms with van der Waals surface area (Å²) < 4.78 is 25.1. The molecule has 3 atom stereocenters. The minimum atomic E-state index is 0.0549. The number of hydrogen-bond acceptors (Lipinski definition) is 5. The van der Waals surface area contributed by atoms with Crippen molar-refractivity contribution in [2.24, 2.45) is 10.9 Å². The van der Waals surface area contributed by atoms with Crippen molar-refractivity contribution in [3.05, 3.63) is 63.7 Å². The summed E-state index contributed by atoms with van der Waals surface area (Å²) in [5.74, 6) is 4.10. The number of aliphatic imine (C=N–C) groups is 1. The average Bonchev–Trinajstić information content (AvgIpc) is 3.75. The second kappa shape index (κ2) is 14.8. The van der Waals surface area contributed by atoms with Gasteiger partial charge in [-0.2, -0.15) is 0 Å². The molecule has 1 aliphatic heterocycles. The van der Waals surface area contributed by atoms with Crippen LogP contribution in [0.25, 0.3) is 0 Å². The summed E-state index contributed by atoms with van der Waals surface area (Å²) in [6, 6.07) is 6.75. The largest absolute Gasteiger partial charge is 0.457 e. The molecule has 1 aromatic rings. The molecular formula is C32H41I2NO4. The van der Waals surface area contributed by atoms with Gasteiger partial charge in [-0.25, -0.2) is 0 Å². The number of allylic oxidation sites excluding steroid dienone is 2. The molecule has 0 amide bonds. The third kappa shape index (κ3) is 9.57. The molecule has 1 aromatic carbocycles. The Morgan fingerprint density at radius 1 is 1.05 bits per heavy atom. The number of epoxide rings is 1. The Morgan fingerprint density at radius 2 is 1.79 bits per heavy atom. The van der Waals surface area contributed by atoms with E-state index in [1.54, 1.807) is 0 Å². The Kier molecular flexibility index (Phi) is 11.2. The molecule has 3 unspecified atom stereocenters. The molecule has 5 rings (SSSR count). The lowest BCUT2D eigenvalue weighted by Gasteiger charge is -2.24. The highest BCUT2D eigenvalue weighted by Gasteiger charge is 2.27. The minimum absolute atomic E-state index is 0.0549. The lowest BCUT2D eigenvalue weighted by molar-refractivity contribution is 0.0775. The first-order valence-corrected chi connectivity index (χ1v) is 17.0. The zero-order valence-corrected chi connectivity index (χ0v) is 27.1. The van der Waals surface area contributed by atoms with E-state index in [-0.39, 0.29) is 16.1 Å². The van der Waals surface area contributed by atoms with Crippen molar-refractivity contribution < 1.29 is 18.9 Å². The maximum absolute atomic E-state index is 6.39. The van der Waals surface area contributed by atoms with Crippen LogP contribution in [0.15, 0.2) is 59.5 Å². The third-order valence-electron chi connectivity index (χ3n) is 7.94. The van der Waals surface area contributed by atoms with Gasteiger partial charge in [0, 0.05) is 12.8 Å². The van der Waals surface area contributed by atoms with Crippen LogP contribution >= 0.6 is 45.2 Å². The normalized spacial score (nSPS) is 26.3. The standard InChI is InChI=1S/C32H41I2NO4/c1-22(38-32(18-23-8-4-2-5-9-23)35-25-10-6-3-7-11-25)16-24-12-14-31(28(33)17-24)39-26-13-15-30(29(34)19-26)37-21-27-20-36-27/h12-15,17,19,23,25,27,29-30H,1-11,16,18,20-21H2. The van der Waals surface area contributed by atoms with Crippen LogP contribution in [0, 0.1) is 9.49 Å². The smallest absolute Gasteiger partial charge is 0.190 e. The Morgan fingerprint density at radius 3 is 2.49 bits per heavy atom. The summed E-state index contributed by atoms with van der Waals surface area (Å²) in [4.78, 5) is 5.13. The highest BCUT2D eigenvalue weighted by atomic mass is 127. The number of hydrogen-bond donors (Lipinski definition) is 0. The van der Waals surface area contributed by atoms with Crippen LogP contribution in [0.2, 0.25) is 0 Å². The molecule has 3 fully saturated rings. The van der Waals surface area contributed by atoms with Gasteiger partial charge in [0.2, 0.25) is 0 Å². The third-order valence-corrected chi connectivity index (χ3v) is 9.85. The summed E-state index contributed by atoms with van der Waals surface area (Å²) >= 11 is 4.76. The summed E-state index contributed by atoms with van der Waals surface area (Å²) in [6.07, 6.45) is 21.1. The molecule has 7 heteroatoms. The summed E-state index contributed by atoms with van der Waals surface area (Å²) in [7, 11) is 0. The number of rotatable bonds is 11. The molecule has 3 aliphatic carbocycles. The Labute approximate surface area is 261 Å². The van der Waals surface area contributed by atoms with E-state index in [0.717, 1.165) is 39.8 Å². The van der Waals surface area contributed by atoms with E-state index < -0.39 is 0 Å². The van der Waals surface area contributed by atoms with Crippen LogP contribution in [0.3, 0.4) is 0 Å². The van der Waals surface area contributed by atoms with E-state index in [1.807, 2.05) is 12.1 Å². The molecule has 5 nitrogen and oxygen atoms in total. The van der Waals surface area contributed by atoms with Gasteiger partial charge in [0.25, 0.3) is 0 Å². The topological polar surface area (TPSA) is 52.6 Å². The predicted octanol–water partition coefficient (Wildman–Crippen LogP) is 8.49. The highest BCUT2D eigenvalue weighted by Crippen LogP contribution is 2.31. The molecule has 0 bridgehead atoms. The molecule has 39 heavy (non-hydrogen) atoms. The highest BCUT2D eigenvalue weighted by molar-refractivity contribution is 14.1. The molecule has 1 heterocycles. The van der Waals surface area contributed by atoms with Gasteiger partial charge in [-0.3, -0.25) is 4.99 Å². The second-order valence-corrected chi connectivity index (χ2v) is 13.9. The lowest BCUT2D eigenvalue weighted by atomic mass is 9.87. The SMILES string of the molecule is C=C(Cc1ccc(OC2=CC(I)C(OCC3CO3)C=C2)c(I)c1)OC(CC1CCCCC1)=NC1CCCCC1. The fraction of sp³-hybridized carbons (Fsp3) is 0.594. The minimum Gasteiger partial charge on any atom is -0.457 e. The molecule has 0 aromatic heterocycles. The summed E-state index contributed by atoms with van der Waals surface area (Å²) in [6.45, 7) is 5.76. The molecule has 4 aliphatic rings. The Balaban J connectivity index is 1.16. The number of ether oxygens (including phenoxy) is 4. The van der Waals surface area contributed by atoms with E-state index in [2.05, 4.69) is 76.0 Å². The van der Waals surface area contributed by atoms with Crippen LogP contribution in [-0.2, 0) is 20.6 Å². The first-order chi connectivity index (χ1) is 19.0. The van der Waals surface area contributed by atoms with Gasteiger partial charge >= 0.3 is 0 Å². The summed E-state index contributed by atoms with van der Waals surface area (Å²) in [5, 5.41) is 0. The number of nitrogens with zero attached hydrogens (tertiary/aromatic N) is 1. The molecular weight excluding hydrogens is 716 g/mol. The molecule has 0 radical (unpaired) electrons. The van der Waals surface area contributed by atoms with E-state index >= 15 is 0 Å². The second-order valence-electron chi connectivity index (χ2n) is 11.3. The van der Waals surface area contributed by atoms with Crippen molar-refractivity contribution in [3.8, 4) is 5.75 Å². The van der Waals surface area contributed by atoms with Gasteiger partial charge in [-0.15, -0.1) is 0 Å². The van der Waals surface area contributed by atoms with E-state index in [9.17, 15) is 0 Å².